The molecule has 1 amide bonds. The third-order valence-corrected chi connectivity index (χ3v) is 5.59. The second kappa shape index (κ2) is 7.85. The molecule has 0 bridgehead atoms. The number of carbonyl (C=O) groups excluding carboxylic acids is 1. The number of hydrogen-bond acceptors (Lipinski definition) is 4. The lowest BCUT2D eigenvalue weighted by Gasteiger charge is -2.42. The molecule has 1 aliphatic rings. The summed E-state index contributed by atoms with van der Waals surface area (Å²) in [6, 6.07) is 13.3. The highest BCUT2D eigenvalue weighted by Gasteiger charge is 2.41. The van der Waals surface area contributed by atoms with E-state index in [0.29, 0.717) is 24.5 Å². The van der Waals surface area contributed by atoms with Crippen molar-refractivity contribution in [1.82, 2.24) is 14.5 Å². The molecule has 2 heterocycles. The Morgan fingerprint density at radius 2 is 1.87 bits per heavy atom. The van der Waals surface area contributed by atoms with Crippen LogP contribution in [-0.4, -0.2) is 33.4 Å². The van der Waals surface area contributed by atoms with Crippen molar-refractivity contribution in [3.8, 4) is 11.3 Å². The molecule has 0 atom stereocenters. The molecule has 3 aromatic rings. The van der Waals surface area contributed by atoms with Gasteiger partial charge in [0.05, 0.1) is 18.7 Å². The molecule has 158 valence electrons. The van der Waals surface area contributed by atoms with E-state index >= 15 is 0 Å². The second-order valence-electron chi connectivity index (χ2n) is 7.88. The Morgan fingerprint density at radius 3 is 2.48 bits per heavy atom. The largest absolute Gasteiger partial charge is 0.340 e. The lowest BCUT2D eigenvalue weighted by atomic mass is 9.99. The van der Waals surface area contributed by atoms with Crippen LogP contribution >= 0.6 is 0 Å². The highest BCUT2D eigenvalue weighted by Crippen LogP contribution is 2.39. The fourth-order valence-corrected chi connectivity index (χ4v) is 3.98. The Labute approximate surface area is 180 Å². The first-order valence-electron chi connectivity index (χ1n) is 9.97. The summed E-state index contributed by atoms with van der Waals surface area (Å²) in [5.74, 6) is 1.02. The highest BCUT2D eigenvalue weighted by molar-refractivity contribution is 5.80. The zero-order chi connectivity index (χ0) is 22.2. The van der Waals surface area contributed by atoms with Crippen LogP contribution in [0.1, 0.15) is 19.7 Å². The van der Waals surface area contributed by atoms with Gasteiger partial charge < -0.3 is 20.5 Å². The van der Waals surface area contributed by atoms with Crippen LogP contribution in [0.15, 0.2) is 48.5 Å². The summed E-state index contributed by atoms with van der Waals surface area (Å²) in [4.78, 5) is 22.5. The third-order valence-electron chi connectivity index (χ3n) is 5.59. The fourth-order valence-electron chi connectivity index (χ4n) is 3.98. The number of rotatable bonds is 4. The summed E-state index contributed by atoms with van der Waals surface area (Å²) in [5.41, 5.74) is 7.73. The van der Waals surface area contributed by atoms with Gasteiger partial charge in [-0.1, -0.05) is 12.1 Å². The van der Waals surface area contributed by atoms with E-state index in [1.54, 1.807) is 29.2 Å². The first-order chi connectivity index (χ1) is 14.8. The zero-order valence-electron chi connectivity index (χ0n) is 17.4. The Bertz CT molecular complexity index is 1160. The molecule has 0 radical (unpaired) electrons. The summed E-state index contributed by atoms with van der Waals surface area (Å²) < 4.78 is 15.6. The topological polar surface area (TPSA) is 80.5 Å². The van der Waals surface area contributed by atoms with E-state index in [1.165, 1.54) is 12.1 Å². The van der Waals surface area contributed by atoms with Crippen LogP contribution in [0.5, 0.6) is 0 Å². The van der Waals surface area contributed by atoms with Crippen LogP contribution in [0.2, 0.25) is 0 Å². The van der Waals surface area contributed by atoms with E-state index < -0.39 is 5.54 Å². The maximum absolute atomic E-state index is 13.5. The molecule has 0 fully saturated rings. The SMILES string of the molecule is [C-]#[N+]c1ccc(Nc2c(-c3ccc(F)cc3)nc3n2CCN(C(=O)CN)C3(C)C)cc1. The number of halogens is 1. The average molecular weight is 418 g/mol. The van der Waals surface area contributed by atoms with Gasteiger partial charge in [0.25, 0.3) is 0 Å². The number of nitrogens with one attached hydrogen (secondary N) is 1. The minimum atomic E-state index is -0.669. The lowest BCUT2D eigenvalue weighted by molar-refractivity contribution is -0.137. The molecular weight excluding hydrogens is 395 g/mol. The summed E-state index contributed by atoms with van der Waals surface area (Å²) in [6.07, 6.45) is 0. The molecule has 0 saturated heterocycles. The second-order valence-corrected chi connectivity index (χ2v) is 7.88. The lowest BCUT2D eigenvalue weighted by Crippen LogP contribution is -2.53. The maximum atomic E-state index is 13.5. The monoisotopic (exact) mass is 418 g/mol. The van der Waals surface area contributed by atoms with Crippen molar-refractivity contribution < 1.29 is 9.18 Å². The van der Waals surface area contributed by atoms with Crippen LogP contribution < -0.4 is 11.1 Å². The van der Waals surface area contributed by atoms with Crippen molar-refractivity contribution in [2.75, 3.05) is 18.4 Å². The summed E-state index contributed by atoms with van der Waals surface area (Å²) >= 11 is 0. The molecule has 1 aliphatic heterocycles. The van der Waals surface area contributed by atoms with Crippen LogP contribution in [0, 0.1) is 12.4 Å². The minimum absolute atomic E-state index is 0.0620. The Morgan fingerprint density at radius 1 is 1.19 bits per heavy atom. The van der Waals surface area contributed by atoms with Gasteiger partial charge in [0, 0.05) is 24.3 Å². The first-order valence-corrected chi connectivity index (χ1v) is 9.97. The van der Waals surface area contributed by atoms with Crippen molar-refractivity contribution in [3.05, 3.63) is 71.6 Å². The van der Waals surface area contributed by atoms with Crippen molar-refractivity contribution in [2.45, 2.75) is 25.9 Å². The van der Waals surface area contributed by atoms with E-state index in [1.807, 2.05) is 26.0 Å². The molecule has 0 unspecified atom stereocenters. The molecule has 8 heteroatoms. The van der Waals surface area contributed by atoms with E-state index in [-0.39, 0.29) is 18.3 Å². The number of nitrogens with two attached hydrogens (primary N) is 1. The van der Waals surface area contributed by atoms with Crippen LogP contribution in [-0.2, 0) is 16.9 Å². The van der Waals surface area contributed by atoms with Gasteiger partial charge in [-0.25, -0.2) is 14.2 Å². The van der Waals surface area contributed by atoms with E-state index in [2.05, 4.69) is 14.7 Å². The number of imidazole rings is 1. The van der Waals surface area contributed by atoms with Gasteiger partial charge in [0.2, 0.25) is 5.91 Å². The molecule has 31 heavy (non-hydrogen) atoms. The number of benzene rings is 2. The Hall–Kier alpha value is -3.70. The standard InChI is InChI=1S/C23H23FN6O/c1-23(2)22-28-20(15-4-6-16(24)7-5-15)21(27-18-10-8-17(26-3)9-11-18)29(22)12-13-30(23)19(31)14-25/h4-11,27H,12-14,25H2,1-2H3. The van der Waals surface area contributed by atoms with Gasteiger partial charge in [0.15, 0.2) is 5.69 Å². The molecule has 1 aromatic heterocycles. The zero-order valence-corrected chi connectivity index (χ0v) is 17.4. The molecular formula is C23H23FN6O. The van der Waals surface area contributed by atoms with Gasteiger partial charge in [-0.05, 0) is 50.2 Å². The van der Waals surface area contributed by atoms with Crippen molar-refractivity contribution in [1.29, 1.82) is 0 Å². The summed E-state index contributed by atoms with van der Waals surface area (Å²) in [5, 5.41) is 3.42. The minimum Gasteiger partial charge on any atom is -0.340 e. The van der Waals surface area contributed by atoms with Crippen molar-refractivity contribution in [3.63, 3.8) is 0 Å². The number of carbonyl (C=O) groups is 1. The van der Waals surface area contributed by atoms with E-state index in [9.17, 15) is 9.18 Å². The van der Waals surface area contributed by atoms with Gasteiger partial charge in [0.1, 0.15) is 23.2 Å². The maximum Gasteiger partial charge on any atom is 0.237 e. The molecule has 7 nitrogen and oxygen atoms in total. The number of amides is 1. The smallest absolute Gasteiger partial charge is 0.237 e. The van der Waals surface area contributed by atoms with E-state index in [4.69, 9.17) is 17.3 Å². The molecule has 4 rings (SSSR count). The van der Waals surface area contributed by atoms with Gasteiger partial charge in [-0.15, -0.1) is 0 Å². The van der Waals surface area contributed by atoms with Crippen molar-refractivity contribution >= 4 is 23.1 Å². The normalized spacial score (nSPS) is 14.6. The first kappa shape index (κ1) is 20.6. The predicted molar refractivity (Wildman–Crippen MR) is 117 cm³/mol. The van der Waals surface area contributed by atoms with Crippen molar-refractivity contribution in [2.24, 2.45) is 5.73 Å². The van der Waals surface area contributed by atoms with Crippen LogP contribution in [0.25, 0.3) is 16.1 Å². The van der Waals surface area contributed by atoms with Gasteiger partial charge in [-0.3, -0.25) is 4.79 Å². The number of aromatic nitrogens is 2. The Balaban J connectivity index is 1.84. The fraction of sp³-hybridized carbons (Fsp3) is 0.261. The number of fused-ring (bicyclic) bond motifs is 1. The van der Waals surface area contributed by atoms with Crippen LogP contribution in [0.4, 0.5) is 21.6 Å². The van der Waals surface area contributed by atoms with Crippen LogP contribution in [0.3, 0.4) is 0 Å². The quantitative estimate of drug-likeness (QED) is 0.627. The highest BCUT2D eigenvalue weighted by atomic mass is 19.1. The number of hydrogen-bond donors (Lipinski definition) is 2. The number of anilines is 2. The van der Waals surface area contributed by atoms with Gasteiger partial charge in [-0.2, -0.15) is 0 Å². The molecule has 0 saturated carbocycles. The molecule has 0 aliphatic carbocycles. The van der Waals surface area contributed by atoms with Gasteiger partial charge >= 0.3 is 0 Å². The predicted octanol–water partition coefficient (Wildman–Crippen LogP) is 4.02. The van der Waals surface area contributed by atoms with E-state index in [0.717, 1.165) is 22.9 Å². The number of nitrogens with zero attached hydrogens (tertiary/aromatic N) is 4. The molecule has 2 aromatic carbocycles. The third kappa shape index (κ3) is 3.64. The molecule has 3 N–H and O–H groups in total. The summed E-state index contributed by atoms with van der Waals surface area (Å²) in [7, 11) is 0. The Kier molecular flexibility index (Phi) is 5.21. The molecule has 0 spiro atoms. The average Bonchev–Trinajstić information content (AvgIpc) is 3.14. The summed E-state index contributed by atoms with van der Waals surface area (Å²) in [6.45, 7) is 12.0.